The zero-order valence-electron chi connectivity index (χ0n) is 15.9. The van der Waals surface area contributed by atoms with Crippen molar-refractivity contribution >= 4 is 33.0 Å². The van der Waals surface area contributed by atoms with Gasteiger partial charge in [0.15, 0.2) is 0 Å². The van der Waals surface area contributed by atoms with Gasteiger partial charge in [-0.2, -0.15) is 4.31 Å². The van der Waals surface area contributed by atoms with E-state index in [4.69, 9.17) is 0 Å². The number of rotatable bonds is 5. The molecule has 1 aliphatic heterocycles. The number of benzene rings is 2. The summed E-state index contributed by atoms with van der Waals surface area (Å²) in [4.78, 5) is 12.4. The molecule has 0 radical (unpaired) electrons. The van der Waals surface area contributed by atoms with Crippen molar-refractivity contribution < 1.29 is 17.6 Å². The summed E-state index contributed by atoms with van der Waals surface area (Å²) in [7, 11) is -3.66. The van der Waals surface area contributed by atoms with Crippen molar-refractivity contribution in [3.05, 3.63) is 70.4 Å². The number of amides is 1. The van der Waals surface area contributed by atoms with Gasteiger partial charge in [-0.05, 0) is 49.2 Å². The third-order valence-corrected chi connectivity index (χ3v) is 7.92. The number of para-hydroxylation sites is 1. The fourth-order valence-corrected chi connectivity index (χ4v) is 5.67. The van der Waals surface area contributed by atoms with Crippen molar-refractivity contribution in [3.63, 3.8) is 0 Å². The van der Waals surface area contributed by atoms with Crippen LogP contribution in [0.3, 0.4) is 0 Å². The van der Waals surface area contributed by atoms with Crippen LogP contribution in [0.25, 0.3) is 0 Å². The number of hydrogen-bond donors (Lipinski definition) is 1. The average Bonchev–Trinajstić information content (AvgIpc) is 3.25. The summed E-state index contributed by atoms with van der Waals surface area (Å²) in [5.41, 5.74) is 0.679. The SMILES string of the molecule is O=C(Nc1ccccc1)c1nnc(C2CCN(S(=O)(=O)c3ccc(F)cc3)CC2)s1. The van der Waals surface area contributed by atoms with Crippen LogP contribution in [-0.2, 0) is 10.0 Å². The molecule has 30 heavy (non-hydrogen) atoms. The van der Waals surface area contributed by atoms with Crippen LogP contribution in [0.4, 0.5) is 10.1 Å². The summed E-state index contributed by atoms with van der Waals surface area (Å²) in [5.74, 6) is -0.752. The highest BCUT2D eigenvalue weighted by Crippen LogP contribution is 2.32. The lowest BCUT2D eigenvalue weighted by Crippen LogP contribution is -2.37. The van der Waals surface area contributed by atoms with E-state index in [1.165, 1.54) is 27.8 Å². The molecular formula is C20H19FN4O3S2. The Morgan fingerprint density at radius 3 is 2.37 bits per heavy atom. The van der Waals surface area contributed by atoms with Crippen molar-refractivity contribution in [2.24, 2.45) is 0 Å². The van der Waals surface area contributed by atoms with Crippen LogP contribution in [0.15, 0.2) is 59.5 Å². The Morgan fingerprint density at radius 2 is 1.70 bits per heavy atom. The standard InChI is InChI=1S/C20H19FN4O3S2/c21-15-6-8-17(9-7-15)30(27,28)25-12-10-14(11-13-25)19-23-24-20(29-19)18(26)22-16-4-2-1-3-5-16/h1-9,14H,10-13H2,(H,22,26). The summed E-state index contributed by atoms with van der Waals surface area (Å²) in [6.07, 6.45) is 1.16. The number of carbonyl (C=O) groups is 1. The van der Waals surface area contributed by atoms with Crippen molar-refractivity contribution in [1.82, 2.24) is 14.5 Å². The van der Waals surface area contributed by atoms with E-state index in [-0.39, 0.29) is 21.7 Å². The topological polar surface area (TPSA) is 92.3 Å². The van der Waals surface area contributed by atoms with Crippen LogP contribution in [0.5, 0.6) is 0 Å². The minimum absolute atomic E-state index is 0.0421. The number of nitrogens with one attached hydrogen (secondary N) is 1. The van der Waals surface area contributed by atoms with E-state index in [0.29, 0.717) is 31.6 Å². The second kappa shape index (κ2) is 8.58. The maximum Gasteiger partial charge on any atom is 0.286 e. The molecular weight excluding hydrogens is 427 g/mol. The summed E-state index contributed by atoms with van der Waals surface area (Å²) >= 11 is 1.23. The van der Waals surface area contributed by atoms with Crippen LogP contribution >= 0.6 is 11.3 Å². The molecule has 2 heterocycles. The molecule has 0 unspecified atom stereocenters. The van der Waals surface area contributed by atoms with Crippen molar-refractivity contribution in [2.75, 3.05) is 18.4 Å². The largest absolute Gasteiger partial charge is 0.320 e. The molecule has 0 spiro atoms. The Labute approximate surface area is 177 Å². The Hall–Kier alpha value is -2.69. The summed E-state index contributed by atoms with van der Waals surface area (Å²) in [6, 6.07) is 13.9. The van der Waals surface area contributed by atoms with Crippen molar-refractivity contribution in [1.29, 1.82) is 0 Å². The first-order valence-corrected chi connectivity index (χ1v) is 11.6. The predicted octanol–water partition coefficient (Wildman–Crippen LogP) is 3.50. The fraction of sp³-hybridized carbons (Fsp3) is 0.250. The molecule has 7 nitrogen and oxygen atoms in total. The van der Waals surface area contributed by atoms with Gasteiger partial charge in [0.1, 0.15) is 10.8 Å². The van der Waals surface area contributed by atoms with E-state index >= 15 is 0 Å². The smallest absolute Gasteiger partial charge is 0.286 e. The molecule has 1 amide bonds. The van der Waals surface area contributed by atoms with Crippen LogP contribution in [0, 0.1) is 5.82 Å². The highest BCUT2D eigenvalue weighted by molar-refractivity contribution is 7.89. The molecule has 1 N–H and O–H groups in total. The molecule has 0 bridgehead atoms. The predicted molar refractivity (Wildman–Crippen MR) is 111 cm³/mol. The molecule has 1 aliphatic rings. The van der Waals surface area contributed by atoms with Gasteiger partial charge < -0.3 is 5.32 Å². The van der Waals surface area contributed by atoms with Crippen molar-refractivity contribution in [3.8, 4) is 0 Å². The molecule has 0 atom stereocenters. The Kier molecular flexibility index (Phi) is 5.89. The number of carbonyl (C=O) groups excluding carboxylic acids is 1. The molecule has 1 saturated heterocycles. The van der Waals surface area contributed by atoms with E-state index in [2.05, 4.69) is 15.5 Å². The summed E-state index contributed by atoms with van der Waals surface area (Å²) < 4.78 is 40.0. The van der Waals surface area contributed by atoms with Gasteiger partial charge in [0.05, 0.1) is 4.90 Å². The van der Waals surface area contributed by atoms with E-state index in [9.17, 15) is 17.6 Å². The Morgan fingerprint density at radius 1 is 1.03 bits per heavy atom. The maximum atomic E-state index is 13.1. The van der Waals surface area contributed by atoms with E-state index in [0.717, 1.165) is 17.1 Å². The lowest BCUT2D eigenvalue weighted by Gasteiger charge is -2.30. The van der Waals surface area contributed by atoms with Crippen LogP contribution in [0.2, 0.25) is 0 Å². The van der Waals surface area contributed by atoms with Gasteiger partial charge in [-0.3, -0.25) is 4.79 Å². The third kappa shape index (κ3) is 4.40. The van der Waals surface area contributed by atoms with E-state index in [1.807, 2.05) is 18.2 Å². The highest BCUT2D eigenvalue weighted by Gasteiger charge is 2.31. The molecule has 156 valence electrons. The molecule has 0 saturated carbocycles. The molecule has 10 heteroatoms. The second-order valence-corrected chi connectivity index (χ2v) is 9.84. The zero-order chi connectivity index (χ0) is 21.1. The van der Waals surface area contributed by atoms with E-state index in [1.54, 1.807) is 12.1 Å². The monoisotopic (exact) mass is 446 g/mol. The number of halogens is 1. The maximum absolute atomic E-state index is 13.1. The van der Waals surface area contributed by atoms with Gasteiger partial charge in [-0.15, -0.1) is 10.2 Å². The zero-order valence-corrected chi connectivity index (χ0v) is 17.5. The van der Waals surface area contributed by atoms with Gasteiger partial charge in [-0.1, -0.05) is 29.5 Å². The van der Waals surface area contributed by atoms with Gasteiger partial charge in [-0.25, -0.2) is 12.8 Å². The first kappa shape index (κ1) is 20.6. The van der Waals surface area contributed by atoms with Gasteiger partial charge in [0, 0.05) is 24.7 Å². The minimum atomic E-state index is -3.66. The number of aromatic nitrogens is 2. The van der Waals surface area contributed by atoms with Gasteiger partial charge in [0.2, 0.25) is 15.0 Å². The van der Waals surface area contributed by atoms with Crippen molar-refractivity contribution in [2.45, 2.75) is 23.7 Å². The molecule has 3 aromatic rings. The number of sulfonamides is 1. The number of hydrogen-bond acceptors (Lipinski definition) is 6. The molecule has 2 aromatic carbocycles. The van der Waals surface area contributed by atoms with Crippen LogP contribution in [-0.4, -0.2) is 41.9 Å². The first-order valence-electron chi connectivity index (χ1n) is 9.39. The lowest BCUT2D eigenvalue weighted by atomic mass is 9.99. The normalized spacial score (nSPS) is 15.8. The molecule has 1 aromatic heterocycles. The lowest BCUT2D eigenvalue weighted by molar-refractivity contribution is 0.102. The molecule has 0 aliphatic carbocycles. The third-order valence-electron chi connectivity index (χ3n) is 4.92. The molecule has 4 rings (SSSR count). The summed E-state index contributed by atoms with van der Waals surface area (Å²) in [5, 5.41) is 11.9. The minimum Gasteiger partial charge on any atom is -0.320 e. The van der Waals surface area contributed by atoms with Crippen LogP contribution in [0.1, 0.15) is 33.6 Å². The van der Waals surface area contributed by atoms with Gasteiger partial charge >= 0.3 is 0 Å². The van der Waals surface area contributed by atoms with E-state index < -0.39 is 15.8 Å². The highest BCUT2D eigenvalue weighted by atomic mass is 32.2. The Balaban J connectivity index is 1.39. The quantitative estimate of drug-likeness (QED) is 0.648. The summed E-state index contributed by atoms with van der Waals surface area (Å²) in [6.45, 7) is 0.658. The fourth-order valence-electron chi connectivity index (χ4n) is 3.30. The van der Waals surface area contributed by atoms with Gasteiger partial charge in [0.25, 0.3) is 5.91 Å². The number of nitrogens with zero attached hydrogens (tertiary/aromatic N) is 3. The number of piperidine rings is 1. The average molecular weight is 447 g/mol. The molecule has 1 fully saturated rings. The Bertz CT molecular complexity index is 1130. The second-order valence-electron chi connectivity index (χ2n) is 6.90. The number of anilines is 1. The first-order chi connectivity index (χ1) is 14.4. The van der Waals surface area contributed by atoms with Crippen LogP contribution < -0.4 is 5.32 Å².